The van der Waals surface area contributed by atoms with Gasteiger partial charge >= 0.3 is 5.97 Å². The van der Waals surface area contributed by atoms with E-state index in [1.807, 2.05) is 0 Å². The monoisotopic (exact) mass is 517 g/mol. The zero-order valence-corrected chi connectivity index (χ0v) is 22.6. The highest BCUT2D eigenvalue weighted by Crippen LogP contribution is 2.65. The molecule has 0 aromatic carbocycles. The highest BCUT2D eigenvalue weighted by atomic mass is 16.6. The Balaban J connectivity index is 1.28. The number of oxime groups is 1. The second kappa shape index (κ2) is 10.8. The van der Waals surface area contributed by atoms with Crippen LogP contribution in [0, 0.1) is 34.5 Å². The molecule has 4 rings (SSSR count). The van der Waals surface area contributed by atoms with Crippen molar-refractivity contribution in [3.8, 4) is 0 Å². The molecule has 7 atom stereocenters. The number of carbonyl (C=O) groups is 3. The van der Waals surface area contributed by atoms with Crippen molar-refractivity contribution in [2.24, 2.45) is 39.7 Å². The number of amides is 2. The highest BCUT2D eigenvalue weighted by Gasteiger charge is 2.58. The summed E-state index contributed by atoms with van der Waals surface area (Å²) in [7, 11) is 0. The number of hydrogen-bond donors (Lipinski definition) is 4. The quantitative estimate of drug-likeness (QED) is 0.365. The van der Waals surface area contributed by atoms with Gasteiger partial charge in [0.1, 0.15) is 6.04 Å². The van der Waals surface area contributed by atoms with Crippen LogP contribution < -0.4 is 10.6 Å². The van der Waals surface area contributed by atoms with Crippen LogP contribution in [0.5, 0.6) is 0 Å². The lowest BCUT2D eigenvalue weighted by atomic mass is 9.47. The van der Waals surface area contributed by atoms with E-state index in [2.05, 4.69) is 35.7 Å². The lowest BCUT2D eigenvalue weighted by molar-refractivity contribution is -0.143. The molecule has 0 bridgehead atoms. The molecule has 0 heterocycles. The number of rotatable bonds is 8. The van der Waals surface area contributed by atoms with Gasteiger partial charge in [0.15, 0.2) is 6.61 Å². The standard InChI is InChI=1S/C28H43N3O6/c1-16(2)25(26(35)36)30-23(33)14-29-24(34)15-37-31-18-9-11-27(3)17(13-18)5-6-19-20-7-8-22(32)28(20,4)12-10-21(19)27/h13,16,19-22,25,32H,5-12,14-15H2,1-4H3,(H,29,34)(H,30,33)(H,35,36)/b31-18-/t19-,20-,21-,22+,25-,27-,28-/m0/s1. The SMILES string of the molecule is CC(C)[C@H](NC(=O)CNC(=O)CO/N=C1\C=C2CC[C@H]3[C@@H]4CC[C@@H](O)[C@@]4(C)CC[C@@H]3[C@@]2(C)CC1)C(=O)O. The fourth-order valence-corrected chi connectivity index (χ4v) is 7.76. The Bertz CT molecular complexity index is 977. The van der Waals surface area contributed by atoms with E-state index in [4.69, 9.17) is 9.94 Å². The first kappa shape index (κ1) is 27.6. The summed E-state index contributed by atoms with van der Waals surface area (Å²) in [6.45, 7) is 7.49. The molecule has 0 saturated heterocycles. The van der Waals surface area contributed by atoms with Crippen LogP contribution in [0.25, 0.3) is 0 Å². The average Bonchev–Trinajstić information content (AvgIpc) is 3.15. The summed E-state index contributed by atoms with van der Waals surface area (Å²) in [4.78, 5) is 40.6. The molecule has 0 aromatic rings. The molecule has 2 amide bonds. The van der Waals surface area contributed by atoms with Gasteiger partial charge in [-0.25, -0.2) is 4.79 Å². The third-order valence-electron chi connectivity index (χ3n) is 10.0. The van der Waals surface area contributed by atoms with Crippen LogP contribution in [-0.4, -0.2) is 59.0 Å². The van der Waals surface area contributed by atoms with E-state index in [1.165, 1.54) is 12.0 Å². The minimum absolute atomic E-state index is 0.0848. The summed E-state index contributed by atoms with van der Waals surface area (Å²) in [5.74, 6) is -0.492. The molecule has 37 heavy (non-hydrogen) atoms. The number of carboxylic acids is 1. The van der Waals surface area contributed by atoms with Crippen molar-refractivity contribution >= 4 is 23.5 Å². The van der Waals surface area contributed by atoms with Crippen molar-refractivity contribution in [3.05, 3.63) is 11.6 Å². The van der Waals surface area contributed by atoms with Gasteiger partial charge in [0, 0.05) is 0 Å². The molecule has 9 nitrogen and oxygen atoms in total. The Morgan fingerprint density at radius 3 is 2.54 bits per heavy atom. The first-order valence-corrected chi connectivity index (χ1v) is 13.8. The molecule has 9 heteroatoms. The van der Waals surface area contributed by atoms with Crippen LogP contribution in [-0.2, 0) is 19.2 Å². The Labute approximate surface area is 219 Å². The maximum Gasteiger partial charge on any atom is 0.326 e. The van der Waals surface area contributed by atoms with E-state index < -0.39 is 23.8 Å². The molecule has 4 aliphatic carbocycles. The van der Waals surface area contributed by atoms with Crippen LogP contribution in [0.4, 0.5) is 0 Å². The van der Waals surface area contributed by atoms with Gasteiger partial charge in [-0.15, -0.1) is 0 Å². The van der Waals surface area contributed by atoms with Gasteiger partial charge < -0.3 is 25.7 Å². The van der Waals surface area contributed by atoms with Crippen LogP contribution in [0.15, 0.2) is 16.8 Å². The van der Waals surface area contributed by atoms with E-state index in [-0.39, 0.29) is 36.0 Å². The summed E-state index contributed by atoms with van der Waals surface area (Å²) in [5, 5.41) is 28.9. The zero-order chi connectivity index (χ0) is 27.0. The van der Waals surface area contributed by atoms with Gasteiger partial charge in [0.05, 0.1) is 18.4 Å². The second-order valence-corrected chi connectivity index (χ2v) is 12.4. The summed E-state index contributed by atoms with van der Waals surface area (Å²) < 4.78 is 0. The summed E-state index contributed by atoms with van der Waals surface area (Å²) >= 11 is 0. The number of aliphatic hydroxyl groups excluding tert-OH is 1. The highest BCUT2D eigenvalue weighted by molar-refractivity contribution is 5.96. The molecule has 0 aromatic heterocycles. The number of nitrogens with zero attached hydrogens (tertiary/aromatic N) is 1. The number of nitrogens with one attached hydrogen (secondary N) is 2. The number of fused-ring (bicyclic) bond motifs is 5. The molecule has 0 unspecified atom stereocenters. The lowest BCUT2D eigenvalue weighted by Crippen LogP contribution is -2.51. The zero-order valence-electron chi connectivity index (χ0n) is 22.6. The molecule has 3 fully saturated rings. The van der Waals surface area contributed by atoms with E-state index in [1.54, 1.807) is 13.8 Å². The third-order valence-corrected chi connectivity index (χ3v) is 10.0. The van der Waals surface area contributed by atoms with Crippen LogP contribution >= 0.6 is 0 Å². The molecule has 0 radical (unpaired) electrons. The maximum atomic E-state index is 12.1. The number of hydrogen-bond acceptors (Lipinski definition) is 6. The van der Waals surface area contributed by atoms with Gasteiger partial charge in [0.25, 0.3) is 5.91 Å². The third kappa shape index (κ3) is 5.42. The smallest absolute Gasteiger partial charge is 0.326 e. The molecule has 0 aliphatic heterocycles. The van der Waals surface area contributed by atoms with E-state index in [9.17, 15) is 19.5 Å². The largest absolute Gasteiger partial charge is 0.480 e. The van der Waals surface area contributed by atoms with Gasteiger partial charge in [-0.3, -0.25) is 9.59 Å². The van der Waals surface area contributed by atoms with Crippen molar-refractivity contribution < 1.29 is 29.4 Å². The normalized spacial score (nSPS) is 36.6. The number of allylic oxidation sites excluding steroid dienone is 2. The van der Waals surface area contributed by atoms with Crippen LogP contribution in [0.2, 0.25) is 0 Å². The minimum atomic E-state index is -1.11. The van der Waals surface area contributed by atoms with Gasteiger partial charge in [-0.2, -0.15) is 0 Å². The molecule has 3 saturated carbocycles. The molecule has 206 valence electrons. The van der Waals surface area contributed by atoms with Crippen molar-refractivity contribution in [1.29, 1.82) is 0 Å². The van der Waals surface area contributed by atoms with Gasteiger partial charge in [-0.05, 0) is 91.9 Å². The molecule has 4 aliphatic rings. The van der Waals surface area contributed by atoms with E-state index in [0.29, 0.717) is 17.8 Å². The first-order valence-electron chi connectivity index (χ1n) is 13.8. The number of aliphatic hydroxyl groups is 1. The topological polar surface area (TPSA) is 137 Å². The molecule has 0 spiro atoms. The predicted molar refractivity (Wildman–Crippen MR) is 139 cm³/mol. The second-order valence-electron chi connectivity index (χ2n) is 12.4. The Morgan fingerprint density at radius 2 is 1.84 bits per heavy atom. The van der Waals surface area contributed by atoms with Gasteiger partial charge in [-0.1, -0.05) is 38.4 Å². The van der Waals surface area contributed by atoms with Crippen molar-refractivity contribution in [3.63, 3.8) is 0 Å². The Morgan fingerprint density at radius 1 is 1.08 bits per heavy atom. The van der Waals surface area contributed by atoms with Crippen molar-refractivity contribution in [2.75, 3.05) is 13.2 Å². The summed E-state index contributed by atoms with van der Waals surface area (Å²) in [6, 6.07) is -1.00. The fourth-order valence-electron chi connectivity index (χ4n) is 7.76. The Kier molecular flexibility index (Phi) is 8.02. The van der Waals surface area contributed by atoms with Crippen molar-refractivity contribution in [1.82, 2.24) is 10.6 Å². The van der Waals surface area contributed by atoms with E-state index >= 15 is 0 Å². The summed E-state index contributed by atoms with van der Waals surface area (Å²) in [5.41, 5.74) is 2.52. The van der Waals surface area contributed by atoms with Crippen LogP contribution in [0.1, 0.15) is 79.1 Å². The minimum Gasteiger partial charge on any atom is -0.480 e. The van der Waals surface area contributed by atoms with E-state index in [0.717, 1.165) is 50.7 Å². The first-order chi connectivity index (χ1) is 17.5. The molecule has 4 N–H and O–H groups in total. The summed E-state index contributed by atoms with van der Waals surface area (Å²) in [6.07, 6.45) is 10.4. The van der Waals surface area contributed by atoms with Crippen LogP contribution in [0.3, 0.4) is 0 Å². The van der Waals surface area contributed by atoms with Gasteiger partial charge in [0.2, 0.25) is 5.91 Å². The number of carboxylic acid groups (broad SMARTS) is 1. The van der Waals surface area contributed by atoms with Crippen molar-refractivity contribution in [2.45, 2.75) is 91.2 Å². The predicted octanol–water partition coefficient (Wildman–Crippen LogP) is 3.02. The average molecular weight is 518 g/mol. The molecular formula is C28H43N3O6. The maximum absolute atomic E-state index is 12.1. The fraction of sp³-hybridized carbons (Fsp3) is 0.786. The number of carbonyl (C=O) groups excluding carboxylic acids is 2. The number of aliphatic carboxylic acids is 1. The lowest BCUT2D eigenvalue weighted by Gasteiger charge is -2.57. The Hall–Kier alpha value is -2.42. The molecular weight excluding hydrogens is 474 g/mol.